The standard InChI is InChI=1S/C21H21F3/c1-2-3-4-5-14-6-8-15(9-7-14)16-10-11-18-17(12-16)13-19(22)21(24)20(18)23/h2-3,6-9,13,16H,4-5,10-12H2,1H3/b3-2+. The molecular weight excluding hydrogens is 309 g/mol. The van der Waals surface area contributed by atoms with Crippen molar-refractivity contribution in [2.24, 2.45) is 0 Å². The average molecular weight is 330 g/mol. The molecule has 0 saturated heterocycles. The first kappa shape index (κ1) is 16.8. The maximum absolute atomic E-state index is 13.9. The van der Waals surface area contributed by atoms with E-state index >= 15 is 0 Å². The maximum atomic E-state index is 13.9. The van der Waals surface area contributed by atoms with Crippen LogP contribution in [0, 0.1) is 17.5 Å². The summed E-state index contributed by atoms with van der Waals surface area (Å²) in [5.74, 6) is -3.22. The molecule has 24 heavy (non-hydrogen) atoms. The fraction of sp³-hybridized carbons (Fsp3) is 0.333. The Bertz CT molecular complexity index is 745. The fourth-order valence-corrected chi connectivity index (χ4v) is 3.48. The van der Waals surface area contributed by atoms with E-state index in [4.69, 9.17) is 0 Å². The highest BCUT2D eigenvalue weighted by Gasteiger charge is 2.26. The second-order valence-corrected chi connectivity index (χ2v) is 6.41. The Labute approximate surface area is 141 Å². The van der Waals surface area contributed by atoms with Crippen molar-refractivity contribution in [1.82, 2.24) is 0 Å². The van der Waals surface area contributed by atoms with Gasteiger partial charge < -0.3 is 0 Å². The Kier molecular flexibility index (Phi) is 5.08. The van der Waals surface area contributed by atoms with Crippen molar-refractivity contribution in [2.75, 3.05) is 0 Å². The van der Waals surface area contributed by atoms with Gasteiger partial charge in [-0.15, -0.1) is 0 Å². The number of hydrogen-bond donors (Lipinski definition) is 0. The van der Waals surface area contributed by atoms with Gasteiger partial charge in [-0.25, -0.2) is 13.2 Å². The van der Waals surface area contributed by atoms with E-state index in [1.165, 1.54) is 11.1 Å². The minimum atomic E-state index is -1.35. The second-order valence-electron chi connectivity index (χ2n) is 6.41. The molecule has 2 aromatic carbocycles. The molecule has 1 aliphatic rings. The van der Waals surface area contributed by atoms with Gasteiger partial charge in [0.05, 0.1) is 0 Å². The molecule has 0 saturated carbocycles. The quantitative estimate of drug-likeness (QED) is 0.485. The van der Waals surface area contributed by atoms with Crippen LogP contribution < -0.4 is 0 Å². The molecule has 3 heteroatoms. The largest absolute Gasteiger partial charge is 0.204 e. The molecule has 126 valence electrons. The van der Waals surface area contributed by atoms with Gasteiger partial charge in [0, 0.05) is 0 Å². The molecule has 0 N–H and O–H groups in total. The van der Waals surface area contributed by atoms with Crippen LogP contribution in [0.5, 0.6) is 0 Å². The fourth-order valence-electron chi connectivity index (χ4n) is 3.48. The maximum Gasteiger partial charge on any atom is 0.194 e. The van der Waals surface area contributed by atoms with E-state index < -0.39 is 17.5 Å². The zero-order chi connectivity index (χ0) is 17.1. The molecule has 0 spiro atoms. The second kappa shape index (κ2) is 7.25. The molecule has 2 aromatic rings. The van der Waals surface area contributed by atoms with Crippen LogP contribution in [-0.2, 0) is 19.3 Å². The van der Waals surface area contributed by atoms with Crippen molar-refractivity contribution in [3.05, 3.63) is 82.2 Å². The lowest BCUT2D eigenvalue weighted by Crippen LogP contribution is -2.16. The van der Waals surface area contributed by atoms with E-state index in [2.05, 4.69) is 36.4 Å². The molecular formula is C21H21F3. The smallest absolute Gasteiger partial charge is 0.194 e. The Morgan fingerprint density at radius 2 is 1.83 bits per heavy atom. The number of fused-ring (bicyclic) bond motifs is 1. The van der Waals surface area contributed by atoms with Crippen molar-refractivity contribution in [3.63, 3.8) is 0 Å². The van der Waals surface area contributed by atoms with Gasteiger partial charge in [0.25, 0.3) is 0 Å². The van der Waals surface area contributed by atoms with Gasteiger partial charge in [0.2, 0.25) is 0 Å². The molecule has 0 bridgehead atoms. The third kappa shape index (κ3) is 3.40. The molecule has 0 aliphatic heterocycles. The first-order valence-corrected chi connectivity index (χ1v) is 8.45. The molecule has 0 nitrogen and oxygen atoms in total. The van der Waals surface area contributed by atoms with Crippen LogP contribution in [0.2, 0.25) is 0 Å². The summed E-state index contributed by atoms with van der Waals surface area (Å²) in [6, 6.07) is 9.62. The van der Waals surface area contributed by atoms with Crippen molar-refractivity contribution >= 4 is 0 Å². The predicted molar refractivity (Wildman–Crippen MR) is 90.7 cm³/mol. The summed E-state index contributed by atoms with van der Waals surface area (Å²) in [5, 5.41) is 0. The minimum absolute atomic E-state index is 0.228. The SMILES string of the molecule is C/C=C/CCc1ccc(C2CCc3c(cc(F)c(F)c3F)C2)cc1. The first-order valence-electron chi connectivity index (χ1n) is 8.45. The van der Waals surface area contributed by atoms with Crippen LogP contribution in [0.25, 0.3) is 0 Å². The van der Waals surface area contributed by atoms with Crippen LogP contribution in [-0.4, -0.2) is 0 Å². The summed E-state index contributed by atoms with van der Waals surface area (Å²) in [7, 11) is 0. The number of rotatable bonds is 4. The summed E-state index contributed by atoms with van der Waals surface area (Å²) in [4.78, 5) is 0. The van der Waals surface area contributed by atoms with Gasteiger partial charge in [0.1, 0.15) is 0 Å². The summed E-state index contributed by atoms with van der Waals surface area (Å²) in [5.41, 5.74) is 3.40. The van der Waals surface area contributed by atoms with Crippen molar-refractivity contribution in [2.45, 2.75) is 44.9 Å². The Morgan fingerprint density at radius 1 is 1.08 bits per heavy atom. The molecule has 0 heterocycles. The highest BCUT2D eigenvalue weighted by molar-refractivity contribution is 5.36. The average Bonchev–Trinajstić information content (AvgIpc) is 2.60. The zero-order valence-electron chi connectivity index (χ0n) is 13.8. The highest BCUT2D eigenvalue weighted by atomic mass is 19.2. The number of benzene rings is 2. The molecule has 1 unspecified atom stereocenters. The van der Waals surface area contributed by atoms with E-state index in [-0.39, 0.29) is 5.92 Å². The van der Waals surface area contributed by atoms with Gasteiger partial charge in [-0.1, -0.05) is 36.4 Å². The monoisotopic (exact) mass is 330 g/mol. The normalized spacial score (nSPS) is 17.2. The van der Waals surface area contributed by atoms with Crippen LogP contribution >= 0.6 is 0 Å². The van der Waals surface area contributed by atoms with Crippen molar-refractivity contribution in [3.8, 4) is 0 Å². The van der Waals surface area contributed by atoms with Gasteiger partial charge in [-0.2, -0.15) is 0 Å². The number of hydrogen-bond acceptors (Lipinski definition) is 0. The van der Waals surface area contributed by atoms with E-state index in [9.17, 15) is 13.2 Å². The van der Waals surface area contributed by atoms with E-state index in [1.54, 1.807) is 0 Å². The predicted octanol–water partition coefficient (Wildman–Crippen LogP) is 5.89. The number of aryl methyl sites for hydroxylation is 1. The topological polar surface area (TPSA) is 0 Å². The van der Waals surface area contributed by atoms with Crippen LogP contribution in [0.1, 0.15) is 47.9 Å². The van der Waals surface area contributed by atoms with Gasteiger partial charge in [-0.3, -0.25) is 0 Å². The first-order chi connectivity index (χ1) is 11.6. The van der Waals surface area contributed by atoms with Crippen molar-refractivity contribution < 1.29 is 13.2 Å². The zero-order valence-corrected chi connectivity index (χ0v) is 13.8. The molecule has 0 radical (unpaired) electrons. The minimum Gasteiger partial charge on any atom is -0.204 e. The summed E-state index contributed by atoms with van der Waals surface area (Å²) in [6.45, 7) is 2.02. The van der Waals surface area contributed by atoms with Crippen LogP contribution in [0.4, 0.5) is 13.2 Å². The summed E-state index contributed by atoms with van der Waals surface area (Å²) < 4.78 is 40.7. The van der Waals surface area contributed by atoms with E-state index in [1.807, 2.05) is 6.92 Å². The molecule has 0 aromatic heterocycles. The third-order valence-corrected chi connectivity index (χ3v) is 4.85. The third-order valence-electron chi connectivity index (χ3n) is 4.85. The Balaban J connectivity index is 1.76. The molecule has 3 rings (SSSR count). The Hall–Kier alpha value is -2.03. The summed E-state index contributed by atoms with van der Waals surface area (Å²) in [6.07, 6.45) is 7.99. The van der Waals surface area contributed by atoms with Crippen LogP contribution in [0.3, 0.4) is 0 Å². The Morgan fingerprint density at radius 3 is 2.54 bits per heavy atom. The van der Waals surface area contributed by atoms with Crippen LogP contribution in [0.15, 0.2) is 42.5 Å². The van der Waals surface area contributed by atoms with E-state index in [0.717, 1.165) is 25.3 Å². The van der Waals surface area contributed by atoms with Gasteiger partial charge in [0.15, 0.2) is 17.5 Å². The highest BCUT2D eigenvalue weighted by Crippen LogP contribution is 2.35. The molecule has 0 amide bonds. The van der Waals surface area contributed by atoms with Gasteiger partial charge >= 0.3 is 0 Å². The lowest BCUT2D eigenvalue weighted by molar-refractivity contribution is 0.428. The van der Waals surface area contributed by atoms with Gasteiger partial charge in [-0.05, 0) is 73.3 Å². The summed E-state index contributed by atoms with van der Waals surface area (Å²) >= 11 is 0. The van der Waals surface area contributed by atoms with Crippen molar-refractivity contribution in [1.29, 1.82) is 0 Å². The molecule has 1 atom stereocenters. The molecule has 1 aliphatic carbocycles. The van der Waals surface area contributed by atoms with E-state index in [0.29, 0.717) is 24.0 Å². The lowest BCUT2D eigenvalue weighted by Gasteiger charge is -2.25. The number of halogens is 3. The number of allylic oxidation sites excluding steroid dienone is 2. The molecule has 0 fully saturated rings. The lowest BCUT2D eigenvalue weighted by atomic mass is 9.79.